The Labute approximate surface area is 184 Å². The Morgan fingerprint density at radius 1 is 1.16 bits per heavy atom. The fourth-order valence-corrected chi connectivity index (χ4v) is 3.34. The number of carbonyl (C=O) groups is 1. The van der Waals surface area contributed by atoms with Crippen molar-refractivity contribution in [2.24, 2.45) is 0 Å². The highest BCUT2D eigenvalue weighted by atomic mass is 32.1. The molecule has 0 unspecified atom stereocenters. The number of benzene rings is 2. The predicted octanol–water partition coefficient (Wildman–Crippen LogP) is 2.58. The summed E-state index contributed by atoms with van der Waals surface area (Å²) in [5.74, 6) is 0.511. The molecule has 1 amide bonds. The largest absolute Gasteiger partial charge is 0.497 e. The lowest BCUT2D eigenvalue weighted by Crippen LogP contribution is -2.39. The molecule has 0 atom stereocenters. The van der Waals surface area contributed by atoms with Gasteiger partial charge < -0.3 is 24.4 Å². The van der Waals surface area contributed by atoms with E-state index in [-0.39, 0.29) is 16.4 Å². The van der Waals surface area contributed by atoms with E-state index in [2.05, 4.69) is 10.6 Å². The van der Waals surface area contributed by atoms with Crippen LogP contribution in [0.2, 0.25) is 0 Å². The zero-order valence-electron chi connectivity index (χ0n) is 17.0. The molecule has 2 aromatic carbocycles. The van der Waals surface area contributed by atoms with E-state index < -0.39 is 10.8 Å². The molecule has 164 valence electrons. The van der Waals surface area contributed by atoms with Gasteiger partial charge in [-0.2, -0.15) is 0 Å². The van der Waals surface area contributed by atoms with E-state index in [0.717, 1.165) is 0 Å². The Morgan fingerprint density at radius 2 is 1.90 bits per heavy atom. The number of methoxy groups -OCH3 is 2. The normalized spacial score (nSPS) is 13.3. The number of carbonyl (C=O) groups excluding carboxylic acids is 1. The Morgan fingerprint density at radius 3 is 2.55 bits per heavy atom. The second-order valence-electron chi connectivity index (χ2n) is 6.53. The highest BCUT2D eigenvalue weighted by Gasteiger charge is 2.23. The van der Waals surface area contributed by atoms with Crippen LogP contribution in [0.15, 0.2) is 36.4 Å². The van der Waals surface area contributed by atoms with Crippen LogP contribution in [-0.2, 0) is 4.74 Å². The van der Waals surface area contributed by atoms with Gasteiger partial charge in [0, 0.05) is 31.3 Å². The van der Waals surface area contributed by atoms with Crippen molar-refractivity contribution >= 4 is 40.3 Å². The number of rotatable bonds is 6. The topological polar surface area (TPSA) is 115 Å². The van der Waals surface area contributed by atoms with Crippen LogP contribution in [0, 0.1) is 10.1 Å². The van der Waals surface area contributed by atoms with Crippen molar-refractivity contribution in [3.63, 3.8) is 0 Å². The third-order valence-corrected chi connectivity index (χ3v) is 4.87. The molecular weight excluding hydrogens is 424 g/mol. The smallest absolute Gasteiger partial charge is 0.270 e. The van der Waals surface area contributed by atoms with E-state index >= 15 is 0 Å². The van der Waals surface area contributed by atoms with E-state index in [9.17, 15) is 14.9 Å². The quantitative estimate of drug-likeness (QED) is 0.392. The second-order valence-corrected chi connectivity index (χ2v) is 6.94. The molecule has 2 aromatic rings. The summed E-state index contributed by atoms with van der Waals surface area (Å²) in [4.78, 5) is 25.6. The number of nitrogens with zero attached hydrogens (tertiary/aromatic N) is 2. The molecule has 10 nitrogen and oxygen atoms in total. The van der Waals surface area contributed by atoms with Crippen molar-refractivity contribution in [2.45, 2.75) is 0 Å². The lowest BCUT2D eigenvalue weighted by Gasteiger charge is -2.30. The van der Waals surface area contributed by atoms with Crippen LogP contribution in [0.25, 0.3) is 0 Å². The summed E-state index contributed by atoms with van der Waals surface area (Å²) >= 11 is 5.28. The van der Waals surface area contributed by atoms with E-state index in [4.69, 9.17) is 26.4 Å². The molecule has 0 aromatic heterocycles. The number of nitro groups is 1. The van der Waals surface area contributed by atoms with Gasteiger partial charge >= 0.3 is 0 Å². The zero-order chi connectivity index (χ0) is 22.4. The number of hydrogen-bond donors (Lipinski definition) is 2. The molecule has 1 heterocycles. The third kappa shape index (κ3) is 5.38. The van der Waals surface area contributed by atoms with Crippen LogP contribution in [0.5, 0.6) is 11.5 Å². The Balaban J connectivity index is 1.82. The summed E-state index contributed by atoms with van der Waals surface area (Å²) in [7, 11) is 3.04. The summed E-state index contributed by atoms with van der Waals surface area (Å²) in [6.45, 7) is 2.16. The maximum absolute atomic E-state index is 13.0. The van der Waals surface area contributed by atoms with Crippen molar-refractivity contribution in [1.82, 2.24) is 5.32 Å². The molecule has 31 heavy (non-hydrogen) atoms. The van der Waals surface area contributed by atoms with Gasteiger partial charge in [0.1, 0.15) is 11.5 Å². The van der Waals surface area contributed by atoms with Gasteiger partial charge in [0.05, 0.1) is 49.3 Å². The molecule has 0 radical (unpaired) electrons. The van der Waals surface area contributed by atoms with E-state index in [0.29, 0.717) is 49.2 Å². The summed E-state index contributed by atoms with van der Waals surface area (Å²) in [5, 5.41) is 16.7. The average molecular weight is 446 g/mol. The fourth-order valence-electron chi connectivity index (χ4n) is 3.14. The van der Waals surface area contributed by atoms with E-state index in [1.165, 1.54) is 26.4 Å². The number of morpholine rings is 1. The summed E-state index contributed by atoms with van der Waals surface area (Å²) in [6.07, 6.45) is 0. The third-order valence-electron chi connectivity index (χ3n) is 4.67. The maximum atomic E-state index is 13.0. The van der Waals surface area contributed by atoms with Crippen LogP contribution < -0.4 is 25.0 Å². The van der Waals surface area contributed by atoms with Crippen LogP contribution in [0.3, 0.4) is 0 Å². The van der Waals surface area contributed by atoms with Gasteiger partial charge in [-0.05, 0) is 30.4 Å². The monoisotopic (exact) mass is 446 g/mol. The van der Waals surface area contributed by atoms with E-state index in [1.54, 1.807) is 24.3 Å². The van der Waals surface area contributed by atoms with Crippen LogP contribution in [0.4, 0.5) is 17.1 Å². The first-order valence-electron chi connectivity index (χ1n) is 9.38. The SMILES string of the molecule is COc1ccc(OC)c(NC(=S)NC(=O)c2cc([N+](=O)[O-])ccc2N2CCOCC2)c1. The average Bonchev–Trinajstić information content (AvgIpc) is 2.79. The summed E-state index contributed by atoms with van der Waals surface area (Å²) in [6, 6.07) is 9.28. The Kier molecular flexibility index (Phi) is 7.21. The standard InChI is InChI=1S/C20H22N4O6S/c1-28-14-4-6-18(29-2)16(12-14)21-20(31)22-19(25)15-11-13(24(26)27)3-5-17(15)23-7-9-30-10-8-23/h3-6,11-12H,7-10H2,1-2H3,(H2,21,22,25,31). The number of thiocarbonyl (C=S) groups is 1. The number of ether oxygens (including phenoxy) is 3. The number of amides is 1. The molecule has 1 aliphatic rings. The highest BCUT2D eigenvalue weighted by molar-refractivity contribution is 7.80. The summed E-state index contributed by atoms with van der Waals surface area (Å²) in [5.41, 5.74) is 1.04. The van der Waals surface area contributed by atoms with E-state index in [1.807, 2.05) is 4.90 Å². The molecule has 0 bridgehead atoms. The summed E-state index contributed by atoms with van der Waals surface area (Å²) < 4.78 is 15.8. The number of non-ortho nitro benzene ring substituents is 1. The minimum absolute atomic E-state index is 0.0102. The second kappa shape index (κ2) is 10.0. The molecule has 1 fully saturated rings. The fraction of sp³-hybridized carbons (Fsp3) is 0.300. The van der Waals surface area contributed by atoms with Gasteiger partial charge in [-0.1, -0.05) is 0 Å². The van der Waals surface area contributed by atoms with Gasteiger partial charge in [0.2, 0.25) is 0 Å². The van der Waals surface area contributed by atoms with Gasteiger partial charge in [-0.15, -0.1) is 0 Å². The Hall–Kier alpha value is -3.44. The van der Waals surface area contributed by atoms with Crippen molar-refractivity contribution in [3.05, 3.63) is 52.1 Å². The van der Waals surface area contributed by atoms with Gasteiger partial charge in [0.15, 0.2) is 5.11 Å². The number of nitrogens with one attached hydrogen (secondary N) is 2. The van der Waals surface area contributed by atoms with Gasteiger partial charge in [0.25, 0.3) is 11.6 Å². The molecule has 1 saturated heterocycles. The minimum atomic E-state index is -0.565. The van der Waals surface area contributed by atoms with Crippen molar-refractivity contribution in [1.29, 1.82) is 0 Å². The lowest BCUT2D eigenvalue weighted by atomic mass is 10.1. The molecule has 0 saturated carbocycles. The first kappa shape index (κ1) is 22.2. The molecule has 0 spiro atoms. The first-order valence-corrected chi connectivity index (χ1v) is 9.79. The minimum Gasteiger partial charge on any atom is -0.497 e. The lowest BCUT2D eigenvalue weighted by molar-refractivity contribution is -0.384. The molecule has 3 rings (SSSR count). The molecule has 0 aliphatic carbocycles. The Bertz CT molecular complexity index is 994. The van der Waals surface area contributed by atoms with Gasteiger partial charge in [-0.3, -0.25) is 20.2 Å². The maximum Gasteiger partial charge on any atom is 0.270 e. The predicted molar refractivity (Wildman–Crippen MR) is 119 cm³/mol. The number of nitro benzene ring substituents is 1. The first-order chi connectivity index (χ1) is 14.9. The molecular formula is C20H22N4O6S. The highest BCUT2D eigenvalue weighted by Crippen LogP contribution is 2.29. The van der Waals surface area contributed by atoms with Crippen LogP contribution >= 0.6 is 12.2 Å². The molecule has 2 N–H and O–H groups in total. The van der Waals surface area contributed by atoms with Crippen LogP contribution in [-0.4, -0.2) is 56.5 Å². The number of anilines is 2. The number of hydrogen-bond acceptors (Lipinski definition) is 8. The van der Waals surface area contributed by atoms with Gasteiger partial charge in [-0.25, -0.2) is 0 Å². The molecule has 1 aliphatic heterocycles. The molecule has 11 heteroatoms. The van der Waals surface area contributed by atoms with Crippen LogP contribution in [0.1, 0.15) is 10.4 Å². The van der Waals surface area contributed by atoms with Crippen molar-refractivity contribution in [3.8, 4) is 11.5 Å². The van der Waals surface area contributed by atoms with Crippen molar-refractivity contribution in [2.75, 3.05) is 50.7 Å². The zero-order valence-corrected chi connectivity index (χ0v) is 17.9. The van der Waals surface area contributed by atoms with Crippen molar-refractivity contribution < 1.29 is 23.9 Å².